The van der Waals surface area contributed by atoms with Crippen molar-refractivity contribution >= 4 is 22.6 Å². The first-order chi connectivity index (χ1) is 11.6. The molecule has 0 aliphatic rings. The van der Waals surface area contributed by atoms with Crippen LogP contribution in [0, 0.1) is 5.82 Å². The fourth-order valence-electron chi connectivity index (χ4n) is 2.38. The molecule has 0 aliphatic heterocycles. The molecule has 4 nitrogen and oxygen atoms in total. The van der Waals surface area contributed by atoms with Gasteiger partial charge in [-0.2, -0.15) is 0 Å². The predicted molar refractivity (Wildman–Crippen MR) is 93.1 cm³/mol. The summed E-state index contributed by atoms with van der Waals surface area (Å²) in [6.07, 6.45) is 0. The lowest BCUT2D eigenvalue weighted by Gasteiger charge is -2.14. The number of aromatic nitrogens is 1. The van der Waals surface area contributed by atoms with Gasteiger partial charge in [0.15, 0.2) is 5.58 Å². The highest BCUT2D eigenvalue weighted by molar-refractivity contribution is 6.36. The highest BCUT2D eigenvalue weighted by Crippen LogP contribution is 2.38. The summed E-state index contributed by atoms with van der Waals surface area (Å²) in [7, 11) is 2.02. The second-order valence-electron chi connectivity index (χ2n) is 5.51. The maximum Gasteiger partial charge on any atom is 0.189 e. The minimum absolute atomic E-state index is 0.349. The van der Waals surface area contributed by atoms with E-state index in [0.29, 0.717) is 39.6 Å². The Kier molecular flexibility index (Phi) is 5.02. The van der Waals surface area contributed by atoms with E-state index in [1.54, 1.807) is 30.3 Å². The second kappa shape index (κ2) is 7.20. The highest BCUT2D eigenvalue weighted by atomic mass is 35.5. The van der Waals surface area contributed by atoms with E-state index in [-0.39, 0.29) is 5.82 Å². The highest BCUT2D eigenvalue weighted by Gasteiger charge is 2.18. The number of benzene rings is 2. The van der Waals surface area contributed by atoms with Gasteiger partial charge in [-0.1, -0.05) is 35.8 Å². The van der Waals surface area contributed by atoms with Crippen LogP contribution in [0.25, 0.3) is 22.2 Å². The molecule has 0 bridgehead atoms. The van der Waals surface area contributed by atoms with Crippen LogP contribution in [-0.4, -0.2) is 36.8 Å². The summed E-state index contributed by atoms with van der Waals surface area (Å²) < 4.78 is 25.1. The summed E-state index contributed by atoms with van der Waals surface area (Å²) in [4.78, 5) is 2.14. The van der Waals surface area contributed by atoms with Crippen LogP contribution in [0.15, 0.2) is 40.9 Å². The van der Waals surface area contributed by atoms with Gasteiger partial charge in [-0.15, -0.1) is 0 Å². The molecule has 1 aromatic heterocycles. The maximum absolute atomic E-state index is 14.0. The summed E-state index contributed by atoms with van der Waals surface area (Å²) in [6, 6.07) is 9.98. The fraction of sp³-hybridized carbons (Fsp3) is 0.278. The Labute approximate surface area is 144 Å². The average molecular weight is 349 g/mol. The van der Waals surface area contributed by atoms with Crippen LogP contribution in [0.1, 0.15) is 6.92 Å². The largest absolute Gasteiger partial charge is 0.491 e. The Morgan fingerprint density at radius 3 is 2.79 bits per heavy atom. The van der Waals surface area contributed by atoms with Gasteiger partial charge < -0.3 is 14.2 Å². The van der Waals surface area contributed by atoms with Crippen LogP contribution in [-0.2, 0) is 0 Å². The zero-order chi connectivity index (χ0) is 17.1. The normalized spacial score (nSPS) is 11.4. The molecule has 0 atom stereocenters. The number of hydrogen-bond donors (Lipinski definition) is 0. The number of likely N-dealkylation sites (N-methyl/N-ethyl adjacent to an activating group) is 1. The van der Waals surface area contributed by atoms with Crippen molar-refractivity contribution < 1.29 is 13.7 Å². The summed E-state index contributed by atoms with van der Waals surface area (Å²) in [5.41, 5.74) is 1.21. The third kappa shape index (κ3) is 3.23. The first kappa shape index (κ1) is 16.7. The number of rotatable bonds is 6. The number of fused-ring (bicyclic) bond motifs is 1. The van der Waals surface area contributed by atoms with Crippen molar-refractivity contribution in [3.05, 3.63) is 47.2 Å². The molecule has 1 heterocycles. The van der Waals surface area contributed by atoms with Gasteiger partial charge in [-0.25, -0.2) is 4.39 Å². The van der Waals surface area contributed by atoms with E-state index in [2.05, 4.69) is 17.0 Å². The average Bonchev–Trinajstić information content (AvgIpc) is 3.02. The lowest BCUT2D eigenvalue weighted by atomic mass is 10.1. The van der Waals surface area contributed by atoms with Crippen molar-refractivity contribution in [1.29, 1.82) is 0 Å². The number of halogens is 2. The minimum atomic E-state index is -0.355. The van der Waals surface area contributed by atoms with Crippen molar-refractivity contribution in [2.75, 3.05) is 26.7 Å². The molecule has 0 amide bonds. The van der Waals surface area contributed by atoms with Gasteiger partial charge >= 0.3 is 0 Å². The lowest BCUT2D eigenvalue weighted by Crippen LogP contribution is -2.23. The smallest absolute Gasteiger partial charge is 0.189 e. The molecular weight excluding hydrogens is 331 g/mol. The Morgan fingerprint density at radius 2 is 2.04 bits per heavy atom. The molecule has 3 aromatic rings. The molecule has 3 rings (SSSR count). The minimum Gasteiger partial charge on any atom is -0.491 e. The van der Waals surface area contributed by atoms with E-state index in [1.807, 2.05) is 7.05 Å². The maximum atomic E-state index is 14.0. The van der Waals surface area contributed by atoms with Crippen LogP contribution in [0.3, 0.4) is 0 Å². The molecule has 0 spiro atoms. The first-order valence-electron chi connectivity index (χ1n) is 7.76. The Bertz CT molecular complexity index is 850. The summed E-state index contributed by atoms with van der Waals surface area (Å²) in [5, 5.41) is 4.99. The van der Waals surface area contributed by atoms with Crippen molar-refractivity contribution in [1.82, 2.24) is 10.1 Å². The van der Waals surface area contributed by atoms with Gasteiger partial charge in [0.2, 0.25) is 0 Å². The third-order valence-corrected chi connectivity index (χ3v) is 4.30. The van der Waals surface area contributed by atoms with Crippen molar-refractivity contribution in [2.45, 2.75) is 6.92 Å². The molecule has 0 fully saturated rings. The van der Waals surface area contributed by atoms with Gasteiger partial charge in [-0.05, 0) is 37.9 Å². The first-order valence-corrected chi connectivity index (χ1v) is 8.13. The zero-order valence-corrected chi connectivity index (χ0v) is 14.3. The van der Waals surface area contributed by atoms with Crippen molar-refractivity contribution in [2.24, 2.45) is 0 Å². The molecule has 0 saturated carbocycles. The summed E-state index contributed by atoms with van der Waals surface area (Å²) >= 11 is 6.37. The molecule has 126 valence electrons. The second-order valence-corrected chi connectivity index (χ2v) is 5.89. The molecule has 0 saturated heterocycles. The van der Waals surface area contributed by atoms with Crippen LogP contribution >= 0.6 is 11.6 Å². The Hall–Kier alpha value is -2.11. The van der Waals surface area contributed by atoms with Crippen LogP contribution in [0.4, 0.5) is 4.39 Å². The van der Waals surface area contributed by atoms with E-state index in [1.165, 1.54) is 6.07 Å². The molecule has 0 aliphatic carbocycles. The predicted octanol–water partition coefficient (Wildman–Crippen LogP) is 4.62. The Balaban J connectivity index is 1.90. The monoisotopic (exact) mass is 348 g/mol. The molecule has 0 unspecified atom stereocenters. The van der Waals surface area contributed by atoms with E-state index in [0.717, 1.165) is 13.1 Å². The molecule has 0 radical (unpaired) electrons. The third-order valence-electron chi connectivity index (χ3n) is 3.94. The molecular formula is C18H18ClFN2O2. The van der Waals surface area contributed by atoms with Crippen molar-refractivity contribution in [3.63, 3.8) is 0 Å². The van der Waals surface area contributed by atoms with E-state index in [4.69, 9.17) is 20.9 Å². The van der Waals surface area contributed by atoms with Gasteiger partial charge in [0.05, 0.1) is 5.39 Å². The molecule has 0 N–H and O–H groups in total. The summed E-state index contributed by atoms with van der Waals surface area (Å²) in [6.45, 7) is 4.34. The number of hydrogen-bond acceptors (Lipinski definition) is 4. The molecule has 24 heavy (non-hydrogen) atoms. The van der Waals surface area contributed by atoms with Crippen LogP contribution in [0.2, 0.25) is 5.02 Å². The van der Waals surface area contributed by atoms with Crippen LogP contribution < -0.4 is 4.74 Å². The topological polar surface area (TPSA) is 38.5 Å². The quantitative estimate of drug-likeness (QED) is 0.651. The number of ether oxygens (including phenoxy) is 1. The standard InChI is InChI=1S/C18H18ClFN2O2/c1-3-22(2)10-11-23-15-9-8-13-17(21-24-18(13)16(15)19)12-6-4-5-7-14(12)20/h4-9H,3,10-11H2,1-2H3. The molecule has 2 aromatic carbocycles. The summed E-state index contributed by atoms with van der Waals surface area (Å²) in [5.74, 6) is 0.177. The van der Waals surface area contributed by atoms with E-state index in [9.17, 15) is 4.39 Å². The molecule has 6 heteroatoms. The van der Waals surface area contributed by atoms with Gasteiger partial charge in [0.25, 0.3) is 0 Å². The van der Waals surface area contributed by atoms with Gasteiger partial charge in [-0.3, -0.25) is 0 Å². The van der Waals surface area contributed by atoms with Gasteiger partial charge in [0.1, 0.15) is 28.9 Å². The number of nitrogens with zero attached hydrogens (tertiary/aromatic N) is 2. The van der Waals surface area contributed by atoms with E-state index < -0.39 is 0 Å². The van der Waals surface area contributed by atoms with Crippen molar-refractivity contribution in [3.8, 4) is 17.0 Å². The Morgan fingerprint density at radius 1 is 1.25 bits per heavy atom. The van der Waals surface area contributed by atoms with E-state index >= 15 is 0 Å². The SMILES string of the molecule is CCN(C)CCOc1ccc2c(-c3ccccc3F)noc2c1Cl. The zero-order valence-electron chi connectivity index (χ0n) is 13.6. The van der Waals surface area contributed by atoms with Gasteiger partial charge in [0, 0.05) is 12.1 Å². The van der Waals surface area contributed by atoms with Crippen LogP contribution in [0.5, 0.6) is 5.75 Å². The lowest BCUT2D eigenvalue weighted by molar-refractivity contribution is 0.244. The fourth-order valence-corrected chi connectivity index (χ4v) is 2.64.